The first kappa shape index (κ1) is 22.9. The Hall–Kier alpha value is -2.29. The summed E-state index contributed by atoms with van der Waals surface area (Å²) in [6.07, 6.45) is 4.54. The number of thioether (sulfide) groups is 1. The molecule has 1 aliphatic rings. The molecular formula is C23H27ClN4O3S. The van der Waals surface area contributed by atoms with Crippen molar-refractivity contribution in [3.63, 3.8) is 0 Å². The van der Waals surface area contributed by atoms with Crippen LogP contribution in [-0.4, -0.2) is 46.3 Å². The zero-order chi connectivity index (χ0) is 22.2. The van der Waals surface area contributed by atoms with Gasteiger partial charge >= 0.3 is 0 Å². The van der Waals surface area contributed by atoms with Crippen molar-refractivity contribution in [3.8, 4) is 11.4 Å². The molecule has 1 unspecified atom stereocenters. The molecule has 7 nitrogen and oxygen atoms in total. The normalized spacial score (nSPS) is 16.8. The fourth-order valence-corrected chi connectivity index (χ4v) is 4.72. The monoisotopic (exact) mass is 474 g/mol. The third-order valence-corrected chi connectivity index (χ3v) is 6.71. The van der Waals surface area contributed by atoms with Crippen molar-refractivity contribution in [2.75, 3.05) is 25.4 Å². The number of carbonyl (C=O) groups is 1. The van der Waals surface area contributed by atoms with E-state index >= 15 is 0 Å². The van der Waals surface area contributed by atoms with Gasteiger partial charge in [-0.15, -0.1) is 0 Å². The minimum atomic E-state index is -0.00169. The average molecular weight is 475 g/mol. The molecule has 3 aromatic rings. The van der Waals surface area contributed by atoms with E-state index in [2.05, 4.69) is 20.4 Å². The molecule has 1 aromatic carbocycles. The molecule has 0 bridgehead atoms. The van der Waals surface area contributed by atoms with E-state index in [1.807, 2.05) is 36.0 Å². The summed E-state index contributed by atoms with van der Waals surface area (Å²) in [5, 5.41) is 7.84. The molecule has 0 saturated carbocycles. The van der Waals surface area contributed by atoms with Gasteiger partial charge in [-0.1, -0.05) is 16.8 Å². The van der Waals surface area contributed by atoms with Gasteiger partial charge in [-0.2, -0.15) is 16.7 Å². The highest BCUT2D eigenvalue weighted by Crippen LogP contribution is 2.21. The summed E-state index contributed by atoms with van der Waals surface area (Å²) >= 11 is 7.76. The number of aromatic nitrogens is 2. The molecule has 1 N–H and O–H groups in total. The van der Waals surface area contributed by atoms with Gasteiger partial charge in [-0.05, 0) is 68.0 Å². The Morgan fingerprint density at radius 2 is 2.16 bits per heavy atom. The molecule has 2 aromatic heterocycles. The van der Waals surface area contributed by atoms with E-state index in [1.165, 1.54) is 0 Å². The zero-order valence-corrected chi connectivity index (χ0v) is 19.4. The predicted octanol–water partition coefficient (Wildman–Crippen LogP) is 4.63. The number of nitrogens with zero attached hydrogens (tertiary/aromatic N) is 3. The maximum Gasteiger partial charge on any atom is 0.241 e. The van der Waals surface area contributed by atoms with Crippen LogP contribution in [0.5, 0.6) is 0 Å². The van der Waals surface area contributed by atoms with Gasteiger partial charge in [0.1, 0.15) is 5.76 Å². The predicted molar refractivity (Wildman–Crippen MR) is 125 cm³/mol. The first-order valence-electron chi connectivity index (χ1n) is 10.9. The van der Waals surface area contributed by atoms with Crippen LogP contribution in [0.4, 0.5) is 0 Å². The Bertz CT molecular complexity index is 978. The second kappa shape index (κ2) is 11.5. The van der Waals surface area contributed by atoms with E-state index in [9.17, 15) is 4.79 Å². The van der Waals surface area contributed by atoms with Crippen molar-refractivity contribution < 1.29 is 13.7 Å². The van der Waals surface area contributed by atoms with Crippen molar-refractivity contribution in [1.29, 1.82) is 0 Å². The van der Waals surface area contributed by atoms with Crippen LogP contribution in [0, 0.1) is 5.92 Å². The highest BCUT2D eigenvalue weighted by Gasteiger charge is 2.26. The Kier molecular flexibility index (Phi) is 8.25. The second-order valence-electron chi connectivity index (χ2n) is 7.87. The molecule has 32 heavy (non-hydrogen) atoms. The van der Waals surface area contributed by atoms with E-state index < -0.39 is 0 Å². The third-order valence-electron chi connectivity index (χ3n) is 5.39. The maximum atomic E-state index is 12.6. The van der Waals surface area contributed by atoms with Crippen molar-refractivity contribution in [2.24, 2.45) is 5.92 Å². The van der Waals surface area contributed by atoms with Gasteiger partial charge in [0.05, 0.1) is 24.5 Å². The fraction of sp³-hybridized carbons (Fsp3) is 0.435. The molecular weight excluding hydrogens is 448 g/mol. The van der Waals surface area contributed by atoms with E-state index in [4.69, 9.17) is 20.5 Å². The average Bonchev–Trinajstić information content (AvgIpc) is 3.49. The van der Waals surface area contributed by atoms with Crippen LogP contribution in [-0.2, 0) is 17.1 Å². The molecule has 4 rings (SSSR count). The number of halogens is 1. The smallest absolute Gasteiger partial charge is 0.241 e. The molecule has 0 radical (unpaired) electrons. The molecule has 1 atom stereocenters. The molecule has 0 spiro atoms. The van der Waals surface area contributed by atoms with Gasteiger partial charge < -0.3 is 14.3 Å². The molecule has 1 fully saturated rings. The van der Waals surface area contributed by atoms with Crippen molar-refractivity contribution in [1.82, 2.24) is 20.4 Å². The zero-order valence-electron chi connectivity index (χ0n) is 17.8. The number of benzene rings is 1. The number of amides is 1. The lowest BCUT2D eigenvalue weighted by molar-refractivity contribution is -0.126. The number of hydrogen-bond acceptors (Lipinski definition) is 7. The molecule has 170 valence electrons. The number of nitrogens with one attached hydrogen (secondary N) is 1. The summed E-state index contributed by atoms with van der Waals surface area (Å²) in [5.74, 6) is 4.09. The first-order chi connectivity index (χ1) is 15.7. The summed E-state index contributed by atoms with van der Waals surface area (Å²) in [7, 11) is 0. The van der Waals surface area contributed by atoms with E-state index in [-0.39, 0.29) is 11.8 Å². The summed E-state index contributed by atoms with van der Waals surface area (Å²) in [6, 6.07) is 11.2. The lowest BCUT2D eigenvalue weighted by atomic mass is 9.97. The Morgan fingerprint density at radius 3 is 2.97 bits per heavy atom. The first-order valence-corrected chi connectivity index (χ1v) is 12.4. The third kappa shape index (κ3) is 6.60. The van der Waals surface area contributed by atoms with Crippen molar-refractivity contribution >= 4 is 29.3 Å². The molecule has 1 amide bonds. The van der Waals surface area contributed by atoms with Gasteiger partial charge in [-0.25, -0.2) is 0 Å². The standard InChI is InChI=1S/C23H27ClN4O3S/c24-19-8-6-17(7-9-19)22-26-21(31-27-22)15-28-11-1-4-18(14-28)23(29)25-10-3-13-32-16-20-5-2-12-30-20/h2,5-9,12,18H,1,3-4,10-11,13-16H2,(H,25,29). The number of likely N-dealkylation sites (tertiary alicyclic amines) is 1. The number of furan rings is 1. The highest BCUT2D eigenvalue weighted by atomic mass is 35.5. The second-order valence-corrected chi connectivity index (χ2v) is 9.41. The van der Waals surface area contributed by atoms with Gasteiger partial charge in [0.25, 0.3) is 0 Å². The molecule has 1 saturated heterocycles. The van der Waals surface area contributed by atoms with Crippen molar-refractivity contribution in [2.45, 2.75) is 31.6 Å². The Morgan fingerprint density at radius 1 is 1.28 bits per heavy atom. The van der Waals surface area contributed by atoms with Gasteiger partial charge in [-0.3, -0.25) is 9.69 Å². The number of carbonyl (C=O) groups excluding carboxylic acids is 1. The van der Waals surface area contributed by atoms with Gasteiger partial charge in [0.15, 0.2) is 0 Å². The number of hydrogen-bond donors (Lipinski definition) is 1. The summed E-state index contributed by atoms with van der Waals surface area (Å²) in [4.78, 5) is 19.3. The van der Waals surface area contributed by atoms with Crippen LogP contribution in [0.2, 0.25) is 5.02 Å². The molecule has 3 heterocycles. The number of rotatable bonds is 10. The highest BCUT2D eigenvalue weighted by molar-refractivity contribution is 7.98. The van der Waals surface area contributed by atoms with Crippen LogP contribution in [0.25, 0.3) is 11.4 Å². The molecule has 1 aliphatic heterocycles. The largest absolute Gasteiger partial charge is 0.468 e. The van der Waals surface area contributed by atoms with Crippen LogP contribution in [0.1, 0.15) is 30.9 Å². The van der Waals surface area contributed by atoms with E-state index in [0.29, 0.717) is 36.4 Å². The van der Waals surface area contributed by atoms with Gasteiger partial charge in [0, 0.05) is 23.7 Å². The minimum absolute atomic E-state index is 0.00169. The summed E-state index contributed by atoms with van der Waals surface area (Å²) in [6.45, 7) is 2.88. The van der Waals surface area contributed by atoms with Crippen LogP contribution in [0.15, 0.2) is 51.6 Å². The van der Waals surface area contributed by atoms with Crippen LogP contribution >= 0.6 is 23.4 Å². The summed E-state index contributed by atoms with van der Waals surface area (Å²) in [5.41, 5.74) is 0.864. The maximum absolute atomic E-state index is 12.6. The Labute approximate surface area is 196 Å². The fourth-order valence-electron chi connectivity index (χ4n) is 3.74. The Balaban J connectivity index is 1.18. The lowest BCUT2D eigenvalue weighted by Gasteiger charge is -2.30. The quantitative estimate of drug-likeness (QED) is 0.428. The van der Waals surface area contributed by atoms with Crippen LogP contribution in [0.3, 0.4) is 0 Å². The topological polar surface area (TPSA) is 84.4 Å². The molecule has 9 heteroatoms. The lowest BCUT2D eigenvalue weighted by Crippen LogP contribution is -2.43. The SMILES string of the molecule is O=C(NCCCSCc1ccco1)C1CCCN(Cc2nc(-c3ccc(Cl)cc3)no2)C1. The van der Waals surface area contributed by atoms with E-state index in [0.717, 1.165) is 48.6 Å². The van der Waals surface area contributed by atoms with Gasteiger partial charge in [0.2, 0.25) is 17.6 Å². The van der Waals surface area contributed by atoms with Crippen LogP contribution < -0.4 is 5.32 Å². The minimum Gasteiger partial charge on any atom is -0.468 e. The summed E-state index contributed by atoms with van der Waals surface area (Å²) < 4.78 is 10.8. The number of piperidine rings is 1. The molecule has 0 aliphatic carbocycles. The van der Waals surface area contributed by atoms with E-state index in [1.54, 1.807) is 18.4 Å². The van der Waals surface area contributed by atoms with Crippen molar-refractivity contribution in [3.05, 3.63) is 59.3 Å².